The molecule has 0 radical (unpaired) electrons. The van der Waals surface area contributed by atoms with Gasteiger partial charge in [-0.3, -0.25) is 14.3 Å². The zero-order valence-corrected chi connectivity index (χ0v) is 11.9. The molecule has 0 saturated carbocycles. The number of aromatic nitrogens is 2. The maximum absolute atomic E-state index is 11.3. The number of piperidine rings is 1. The van der Waals surface area contributed by atoms with Crippen LogP contribution in [0.1, 0.15) is 19.8 Å². The van der Waals surface area contributed by atoms with E-state index in [0.717, 1.165) is 31.6 Å². The molecule has 7 nitrogen and oxygen atoms in total. The van der Waals surface area contributed by atoms with Gasteiger partial charge in [-0.25, -0.2) is 0 Å². The molecule has 7 heteroatoms. The first-order valence-electron chi connectivity index (χ1n) is 6.83. The van der Waals surface area contributed by atoms with E-state index in [-0.39, 0.29) is 18.4 Å². The number of nitrogens with one attached hydrogen (secondary N) is 2. The van der Waals surface area contributed by atoms with Gasteiger partial charge in [0.05, 0.1) is 11.9 Å². The van der Waals surface area contributed by atoms with Crippen LogP contribution >= 0.6 is 0 Å². The molecule has 20 heavy (non-hydrogen) atoms. The van der Waals surface area contributed by atoms with E-state index < -0.39 is 0 Å². The number of carbonyl (C=O) groups excluding carboxylic acids is 2. The van der Waals surface area contributed by atoms with E-state index >= 15 is 0 Å². The minimum Gasteiger partial charge on any atom is -0.380 e. The van der Waals surface area contributed by atoms with E-state index in [1.54, 1.807) is 24.9 Å². The molecule has 2 heterocycles. The Morgan fingerprint density at radius 2 is 2.10 bits per heavy atom. The van der Waals surface area contributed by atoms with Gasteiger partial charge >= 0.3 is 0 Å². The van der Waals surface area contributed by atoms with Crippen LogP contribution < -0.4 is 10.6 Å². The lowest BCUT2D eigenvalue weighted by molar-refractivity contribution is -0.129. The van der Waals surface area contributed by atoms with Crippen molar-refractivity contribution in [1.82, 2.24) is 20.0 Å². The van der Waals surface area contributed by atoms with Crippen LogP contribution in [0.5, 0.6) is 0 Å². The molecule has 0 atom stereocenters. The van der Waals surface area contributed by atoms with Gasteiger partial charge in [-0.05, 0) is 12.8 Å². The van der Waals surface area contributed by atoms with Gasteiger partial charge in [0.2, 0.25) is 11.8 Å². The Labute approximate surface area is 118 Å². The van der Waals surface area contributed by atoms with Crippen molar-refractivity contribution in [2.24, 2.45) is 0 Å². The lowest BCUT2D eigenvalue weighted by atomic mass is 10.1. The summed E-state index contributed by atoms with van der Waals surface area (Å²) in [5.74, 6) is 0.0660. The van der Waals surface area contributed by atoms with Crippen molar-refractivity contribution in [3.8, 4) is 0 Å². The van der Waals surface area contributed by atoms with Gasteiger partial charge < -0.3 is 15.5 Å². The van der Waals surface area contributed by atoms with Gasteiger partial charge in [0.1, 0.15) is 6.54 Å². The minimum absolute atomic E-state index is 0.0746. The molecular formula is C13H21N5O2. The standard InChI is InChI=1S/C13H21N5O2/c1-10(19)17-5-3-11(4-6-17)16-12-7-15-18(8-12)9-13(20)14-2/h7-8,11,16H,3-6,9H2,1-2H3,(H,14,20). The van der Waals surface area contributed by atoms with Crippen LogP contribution in [0.4, 0.5) is 5.69 Å². The minimum atomic E-state index is -0.0746. The summed E-state index contributed by atoms with van der Waals surface area (Å²) >= 11 is 0. The van der Waals surface area contributed by atoms with E-state index in [0.29, 0.717) is 6.04 Å². The van der Waals surface area contributed by atoms with Crippen molar-refractivity contribution in [2.45, 2.75) is 32.4 Å². The Balaban J connectivity index is 1.82. The molecule has 0 aliphatic carbocycles. The normalized spacial score (nSPS) is 16.0. The fourth-order valence-electron chi connectivity index (χ4n) is 2.33. The first-order chi connectivity index (χ1) is 9.58. The smallest absolute Gasteiger partial charge is 0.241 e. The molecule has 0 unspecified atom stereocenters. The lowest BCUT2D eigenvalue weighted by Gasteiger charge is -2.31. The van der Waals surface area contributed by atoms with Crippen molar-refractivity contribution in [2.75, 3.05) is 25.5 Å². The van der Waals surface area contributed by atoms with Crippen LogP contribution in [0.25, 0.3) is 0 Å². The summed E-state index contributed by atoms with van der Waals surface area (Å²) in [6.45, 7) is 3.41. The van der Waals surface area contributed by atoms with Crippen molar-refractivity contribution >= 4 is 17.5 Å². The Hall–Kier alpha value is -2.05. The van der Waals surface area contributed by atoms with Crippen LogP contribution in [0.3, 0.4) is 0 Å². The second-order valence-electron chi connectivity index (χ2n) is 5.02. The Kier molecular flexibility index (Phi) is 4.60. The fraction of sp³-hybridized carbons (Fsp3) is 0.615. The highest BCUT2D eigenvalue weighted by Crippen LogP contribution is 2.16. The first kappa shape index (κ1) is 14.4. The third-order valence-corrected chi connectivity index (χ3v) is 3.53. The van der Waals surface area contributed by atoms with Crippen molar-refractivity contribution in [3.63, 3.8) is 0 Å². The fourth-order valence-corrected chi connectivity index (χ4v) is 2.33. The molecule has 110 valence electrons. The van der Waals surface area contributed by atoms with Crippen LogP contribution in [-0.4, -0.2) is 52.7 Å². The molecule has 1 aromatic rings. The largest absolute Gasteiger partial charge is 0.380 e. The summed E-state index contributed by atoms with van der Waals surface area (Å²) in [7, 11) is 1.60. The van der Waals surface area contributed by atoms with Gasteiger partial charge in [-0.1, -0.05) is 0 Å². The van der Waals surface area contributed by atoms with Crippen molar-refractivity contribution in [3.05, 3.63) is 12.4 Å². The molecule has 1 saturated heterocycles. The average molecular weight is 279 g/mol. The molecule has 1 aromatic heterocycles. The number of rotatable bonds is 4. The van der Waals surface area contributed by atoms with E-state index in [4.69, 9.17) is 0 Å². The first-order valence-corrected chi connectivity index (χ1v) is 6.83. The molecule has 2 N–H and O–H groups in total. The number of anilines is 1. The number of likely N-dealkylation sites (N-methyl/N-ethyl adjacent to an activating group) is 1. The average Bonchev–Trinajstić information content (AvgIpc) is 2.86. The van der Waals surface area contributed by atoms with Crippen LogP contribution in [0.2, 0.25) is 0 Å². The Morgan fingerprint density at radius 3 is 2.70 bits per heavy atom. The quantitative estimate of drug-likeness (QED) is 0.816. The van der Waals surface area contributed by atoms with E-state index in [9.17, 15) is 9.59 Å². The summed E-state index contributed by atoms with van der Waals surface area (Å²) in [6.07, 6.45) is 5.41. The maximum Gasteiger partial charge on any atom is 0.241 e. The monoisotopic (exact) mass is 279 g/mol. The molecule has 0 spiro atoms. The Bertz CT molecular complexity index is 477. The molecule has 1 fully saturated rings. The predicted octanol–water partition coefficient (Wildman–Crippen LogP) is 0.0519. The summed E-state index contributed by atoms with van der Waals surface area (Å²) in [5.41, 5.74) is 0.912. The maximum atomic E-state index is 11.3. The summed E-state index contributed by atoms with van der Waals surface area (Å²) < 4.78 is 1.60. The zero-order valence-electron chi connectivity index (χ0n) is 11.9. The van der Waals surface area contributed by atoms with Gasteiger partial charge in [0.15, 0.2) is 0 Å². The number of nitrogens with zero attached hydrogens (tertiary/aromatic N) is 3. The third-order valence-electron chi connectivity index (χ3n) is 3.53. The summed E-state index contributed by atoms with van der Waals surface area (Å²) in [6, 6.07) is 0.350. The van der Waals surface area contributed by atoms with E-state index in [2.05, 4.69) is 15.7 Å². The Morgan fingerprint density at radius 1 is 1.40 bits per heavy atom. The number of hydrogen-bond donors (Lipinski definition) is 2. The highest BCUT2D eigenvalue weighted by atomic mass is 16.2. The lowest BCUT2D eigenvalue weighted by Crippen LogP contribution is -2.41. The molecule has 2 amide bonds. The topological polar surface area (TPSA) is 79.3 Å². The molecule has 0 bridgehead atoms. The van der Waals surface area contributed by atoms with E-state index in [1.807, 2.05) is 11.1 Å². The molecular weight excluding hydrogens is 258 g/mol. The number of carbonyl (C=O) groups is 2. The van der Waals surface area contributed by atoms with Crippen LogP contribution in [0, 0.1) is 0 Å². The second kappa shape index (κ2) is 6.40. The molecule has 0 aromatic carbocycles. The molecule has 1 aliphatic rings. The zero-order chi connectivity index (χ0) is 14.5. The van der Waals surface area contributed by atoms with Gasteiger partial charge in [-0.2, -0.15) is 5.10 Å². The number of amides is 2. The number of hydrogen-bond acceptors (Lipinski definition) is 4. The van der Waals surface area contributed by atoms with Gasteiger partial charge in [-0.15, -0.1) is 0 Å². The molecule has 1 aliphatic heterocycles. The third kappa shape index (κ3) is 3.72. The number of likely N-dealkylation sites (tertiary alicyclic amines) is 1. The molecule has 2 rings (SSSR count). The highest BCUT2D eigenvalue weighted by molar-refractivity contribution is 5.75. The van der Waals surface area contributed by atoms with Crippen LogP contribution in [-0.2, 0) is 16.1 Å². The van der Waals surface area contributed by atoms with E-state index in [1.165, 1.54) is 0 Å². The summed E-state index contributed by atoms with van der Waals surface area (Å²) in [4.78, 5) is 24.4. The van der Waals surface area contributed by atoms with Crippen molar-refractivity contribution < 1.29 is 9.59 Å². The van der Waals surface area contributed by atoms with Gasteiger partial charge in [0.25, 0.3) is 0 Å². The highest BCUT2D eigenvalue weighted by Gasteiger charge is 2.20. The van der Waals surface area contributed by atoms with Gasteiger partial charge in [0, 0.05) is 39.3 Å². The van der Waals surface area contributed by atoms with Crippen LogP contribution in [0.15, 0.2) is 12.4 Å². The summed E-state index contributed by atoms with van der Waals surface area (Å²) in [5, 5.41) is 10.1. The van der Waals surface area contributed by atoms with Crippen molar-refractivity contribution in [1.29, 1.82) is 0 Å². The second-order valence-corrected chi connectivity index (χ2v) is 5.02. The predicted molar refractivity (Wildman–Crippen MR) is 75.2 cm³/mol. The SMILES string of the molecule is CNC(=O)Cn1cc(NC2CCN(C(C)=O)CC2)cn1.